The zero-order valence-corrected chi connectivity index (χ0v) is 9.00. The van der Waals surface area contributed by atoms with Gasteiger partial charge in [-0.25, -0.2) is 4.39 Å². The molecule has 0 spiro atoms. The molecule has 0 bridgehead atoms. The van der Waals surface area contributed by atoms with Gasteiger partial charge in [0.1, 0.15) is 5.82 Å². The molecule has 1 heterocycles. The van der Waals surface area contributed by atoms with Crippen LogP contribution in [0.5, 0.6) is 0 Å². The van der Waals surface area contributed by atoms with Gasteiger partial charge >= 0.3 is 0 Å². The Kier molecular flexibility index (Phi) is 3.21. The molecule has 1 aromatic heterocycles. The molecule has 0 fully saturated rings. The fourth-order valence-electron chi connectivity index (χ4n) is 1.17. The van der Waals surface area contributed by atoms with Crippen LogP contribution in [0.3, 0.4) is 0 Å². The lowest BCUT2D eigenvalue weighted by atomic mass is 10.2. The third-order valence-corrected chi connectivity index (χ3v) is 2.49. The predicted octanol–water partition coefficient (Wildman–Crippen LogP) is 1.61. The SMILES string of the molecule is O=C(NCc1ccccc1F)c1csnn1. The molecular weight excluding hydrogens is 229 g/mol. The van der Waals surface area contributed by atoms with Gasteiger partial charge in [-0.3, -0.25) is 4.79 Å². The first-order valence-corrected chi connectivity index (χ1v) is 5.39. The Bertz CT molecular complexity index is 487. The highest BCUT2D eigenvalue weighted by molar-refractivity contribution is 7.03. The molecule has 6 heteroatoms. The quantitative estimate of drug-likeness (QED) is 0.882. The lowest BCUT2D eigenvalue weighted by molar-refractivity contribution is 0.0945. The monoisotopic (exact) mass is 237 g/mol. The van der Waals surface area contributed by atoms with E-state index in [0.29, 0.717) is 5.56 Å². The van der Waals surface area contributed by atoms with Crippen molar-refractivity contribution in [3.8, 4) is 0 Å². The number of benzene rings is 1. The van der Waals surface area contributed by atoms with Crippen molar-refractivity contribution in [3.63, 3.8) is 0 Å². The molecule has 0 saturated carbocycles. The van der Waals surface area contributed by atoms with Crippen LogP contribution in [0.15, 0.2) is 29.6 Å². The fourth-order valence-corrected chi connectivity index (χ4v) is 1.61. The fraction of sp³-hybridized carbons (Fsp3) is 0.100. The van der Waals surface area contributed by atoms with E-state index in [-0.39, 0.29) is 24.0 Å². The van der Waals surface area contributed by atoms with Gasteiger partial charge in [0, 0.05) is 17.5 Å². The minimum atomic E-state index is -0.350. The topological polar surface area (TPSA) is 54.9 Å². The molecule has 0 saturated heterocycles. The number of halogens is 1. The Morgan fingerprint density at radius 3 is 2.94 bits per heavy atom. The number of nitrogens with zero attached hydrogens (tertiary/aromatic N) is 2. The third kappa shape index (κ3) is 2.40. The van der Waals surface area contributed by atoms with E-state index < -0.39 is 0 Å². The molecule has 0 atom stereocenters. The Hall–Kier alpha value is -1.82. The number of aromatic nitrogens is 2. The van der Waals surface area contributed by atoms with Crippen LogP contribution >= 0.6 is 11.5 Å². The highest BCUT2D eigenvalue weighted by Gasteiger charge is 2.09. The van der Waals surface area contributed by atoms with Crippen LogP contribution in [0.4, 0.5) is 4.39 Å². The van der Waals surface area contributed by atoms with Gasteiger partial charge in [-0.2, -0.15) is 0 Å². The smallest absolute Gasteiger partial charge is 0.273 e. The normalized spacial score (nSPS) is 10.1. The Labute approximate surface area is 95.3 Å². The largest absolute Gasteiger partial charge is 0.346 e. The van der Waals surface area contributed by atoms with Gasteiger partial charge in [0.15, 0.2) is 5.69 Å². The van der Waals surface area contributed by atoms with Gasteiger partial charge in [-0.1, -0.05) is 22.7 Å². The zero-order valence-electron chi connectivity index (χ0n) is 8.18. The minimum absolute atomic E-state index is 0.142. The van der Waals surface area contributed by atoms with Crippen LogP contribution < -0.4 is 5.32 Å². The molecule has 4 nitrogen and oxygen atoms in total. The molecule has 0 unspecified atom stereocenters. The lowest BCUT2D eigenvalue weighted by Gasteiger charge is -2.03. The van der Waals surface area contributed by atoms with Crippen molar-refractivity contribution >= 4 is 17.4 Å². The number of carbonyl (C=O) groups is 1. The van der Waals surface area contributed by atoms with E-state index in [1.165, 1.54) is 11.4 Å². The highest BCUT2D eigenvalue weighted by atomic mass is 32.1. The Balaban J connectivity index is 1.98. The first kappa shape index (κ1) is 10.7. The number of hydrogen-bond donors (Lipinski definition) is 1. The van der Waals surface area contributed by atoms with Crippen molar-refractivity contribution in [1.82, 2.24) is 14.9 Å². The minimum Gasteiger partial charge on any atom is -0.346 e. The summed E-state index contributed by atoms with van der Waals surface area (Å²) in [6.45, 7) is 0.142. The lowest BCUT2D eigenvalue weighted by Crippen LogP contribution is -2.23. The summed E-state index contributed by atoms with van der Waals surface area (Å²) in [4.78, 5) is 11.5. The second kappa shape index (κ2) is 4.80. The number of carbonyl (C=O) groups excluding carboxylic acids is 1. The van der Waals surface area contributed by atoms with Crippen LogP contribution in [0, 0.1) is 5.82 Å². The summed E-state index contributed by atoms with van der Waals surface area (Å²) >= 11 is 1.10. The second-order valence-corrected chi connectivity index (χ2v) is 3.67. The zero-order chi connectivity index (χ0) is 11.4. The third-order valence-electron chi connectivity index (χ3n) is 1.99. The average Bonchev–Trinajstić information content (AvgIpc) is 2.81. The molecular formula is C10H8FN3OS. The second-order valence-electron chi connectivity index (χ2n) is 3.06. The van der Waals surface area contributed by atoms with Gasteiger partial charge in [-0.15, -0.1) is 5.10 Å². The number of rotatable bonds is 3. The van der Waals surface area contributed by atoms with Crippen LogP contribution in [0.2, 0.25) is 0 Å². The van der Waals surface area contributed by atoms with E-state index in [0.717, 1.165) is 11.5 Å². The highest BCUT2D eigenvalue weighted by Crippen LogP contribution is 2.06. The van der Waals surface area contributed by atoms with Crippen molar-refractivity contribution < 1.29 is 9.18 Å². The van der Waals surface area contributed by atoms with Crippen LogP contribution in [0.25, 0.3) is 0 Å². The van der Waals surface area contributed by atoms with Crippen LogP contribution in [0.1, 0.15) is 16.1 Å². The van der Waals surface area contributed by atoms with Crippen molar-refractivity contribution in [1.29, 1.82) is 0 Å². The molecule has 0 aliphatic carbocycles. The van der Waals surface area contributed by atoms with Gasteiger partial charge in [0.2, 0.25) is 0 Å². The van der Waals surface area contributed by atoms with Crippen molar-refractivity contribution in [2.45, 2.75) is 6.54 Å². The number of amides is 1. The van der Waals surface area contributed by atoms with E-state index in [1.807, 2.05) is 0 Å². The maximum Gasteiger partial charge on any atom is 0.273 e. The number of nitrogens with one attached hydrogen (secondary N) is 1. The Morgan fingerprint density at radius 2 is 2.25 bits per heavy atom. The van der Waals surface area contributed by atoms with E-state index in [9.17, 15) is 9.18 Å². The van der Waals surface area contributed by atoms with Crippen molar-refractivity contribution in [2.24, 2.45) is 0 Å². The van der Waals surface area contributed by atoms with Crippen molar-refractivity contribution in [2.75, 3.05) is 0 Å². The predicted molar refractivity (Wildman–Crippen MR) is 57.5 cm³/mol. The van der Waals surface area contributed by atoms with Crippen LogP contribution in [-0.4, -0.2) is 15.5 Å². The molecule has 16 heavy (non-hydrogen) atoms. The average molecular weight is 237 g/mol. The van der Waals surface area contributed by atoms with Gasteiger partial charge in [0.05, 0.1) is 0 Å². The first-order chi connectivity index (χ1) is 7.77. The summed E-state index contributed by atoms with van der Waals surface area (Å²) in [6, 6.07) is 6.29. The maximum absolute atomic E-state index is 13.2. The van der Waals surface area contributed by atoms with Gasteiger partial charge in [0.25, 0.3) is 5.91 Å². The van der Waals surface area contributed by atoms with Gasteiger partial charge in [-0.05, 0) is 17.6 Å². The first-order valence-electron chi connectivity index (χ1n) is 4.56. The van der Waals surface area contributed by atoms with Crippen molar-refractivity contribution in [3.05, 3.63) is 46.7 Å². The van der Waals surface area contributed by atoms with E-state index in [1.54, 1.807) is 18.2 Å². The van der Waals surface area contributed by atoms with E-state index >= 15 is 0 Å². The summed E-state index contributed by atoms with van der Waals surface area (Å²) in [6.07, 6.45) is 0. The van der Waals surface area contributed by atoms with E-state index in [2.05, 4.69) is 14.9 Å². The summed E-state index contributed by atoms with van der Waals surface area (Å²) in [7, 11) is 0. The molecule has 0 aliphatic heterocycles. The summed E-state index contributed by atoms with van der Waals surface area (Å²) in [5, 5.41) is 7.72. The molecule has 82 valence electrons. The number of hydrogen-bond acceptors (Lipinski definition) is 4. The summed E-state index contributed by atoms with van der Waals surface area (Å²) < 4.78 is 16.8. The maximum atomic E-state index is 13.2. The molecule has 1 N–H and O–H groups in total. The summed E-state index contributed by atoms with van der Waals surface area (Å²) in [5.41, 5.74) is 0.695. The van der Waals surface area contributed by atoms with E-state index in [4.69, 9.17) is 0 Å². The molecule has 0 radical (unpaired) electrons. The standard InChI is InChI=1S/C10H8FN3OS/c11-8-4-2-1-3-7(8)5-12-10(15)9-6-16-14-13-9/h1-4,6H,5H2,(H,12,15). The van der Waals surface area contributed by atoms with Gasteiger partial charge < -0.3 is 5.32 Å². The molecule has 0 aliphatic rings. The molecule has 1 amide bonds. The summed E-state index contributed by atoms with van der Waals surface area (Å²) in [5.74, 6) is -0.684. The Morgan fingerprint density at radius 1 is 1.44 bits per heavy atom. The molecule has 2 aromatic rings. The molecule has 2 rings (SSSR count). The molecule has 1 aromatic carbocycles. The van der Waals surface area contributed by atoms with Crippen LogP contribution in [-0.2, 0) is 6.54 Å².